The molecule has 0 amide bonds. The van der Waals surface area contributed by atoms with Crippen LogP contribution in [0.5, 0.6) is 0 Å². The minimum absolute atomic E-state index is 0.0670. The Morgan fingerprint density at radius 2 is 2.14 bits per heavy atom. The van der Waals surface area contributed by atoms with Crippen LogP contribution in [0.1, 0.15) is 22.8 Å². The van der Waals surface area contributed by atoms with Crippen molar-refractivity contribution in [1.82, 2.24) is 4.98 Å². The first-order valence-electron chi connectivity index (χ1n) is 4.55. The van der Waals surface area contributed by atoms with E-state index in [0.29, 0.717) is 5.56 Å². The van der Waals surface area contributed by atoms with Gasteiger partial charge in [0.2, 0.25) is 0 Å². The molecule has 0 fully saturated rings. The molecule has 0 spiro atoms. The Labute approximate surface area is 82.6 Å². The molecule has 0 saturated carbocycles. The second-order valence-electron chi connectivity index (χ2n) is 3.44. The van der Waals surface area contributed by atoms with Crippen LogP contribution in [0.15, 0.2) is 30.5 Å². The summed E-state index contributed by atoms with van der Waals surface area (Å²) in [6.45, 7) is 3.56. The van der Waals surface area contributed by atoms with Crippen LogP contribution in [0.2, 0.25) is 0 Å². The first-order chi connectivity index (χ1) is 6.68. The first-order valence-corrected chi connectivity index (χ1v) is 4.55. The lowest BCUT2D eigenvalue weighted by molar-refractivity contribution is 0.101. The van der Waals surface area contributed by atoms with E-state index in [2.05, 4.69) is 4.98 Å². The lowest BCUT2D eigenvalue weighted by Crippen LogP contribution is -1.96. The van der Waals surface area contributed by atoms with Gasteiger partial charge in [0.1, 0.15) is 0 Å². The van der Waals surface area contributed by atoms with Gasteiger partial charge < -0.3 is 0 Å². The van der Waals surface area contributed by atoms with Crippen molar-refractivity contribution in [1.29, 1.82) is 0 Å². The van der Waals surface area contributed by atoms with Crippen molar-refractivity contribution in [2.75, 3.05) is 0 Å². The molecule has 2 nitrogen and oxygen atoms in total. The third-order valence-corrected chi connectivity index (χ3v) is 2.23. The van der Waals surface area contributed by atoms with Crippen LogP contribution in [-0.4, -0.2) is 10.8 Å². The summed E-state index contributed by atoms with van der Waals surface area (Å²) < 4.78 is 0. The third kappa shape index (κ3) is 1.39. The minimum atomic E-state index is 0.0670. The Morgan fingerprint density at radius 1 is 1.36 bits per heavy atom. The van der Waals surface area contributed by atoms with Gasteiger partial charge in [0, 0.05) is 17.1 Å². The van der Waals surface area contributed by atoms with Gasteiger partial charge in [-0.15, -0.1) is 0 Å². The number of aryl methyl sites for hydroxylation is 1. The highest BCUT2D eigenvalue weighted by atomic mass is 16.1. The molecular formula is C12H11NO. The van der Waals surface area contributed by atoms with Crippen LogP contribution >= 0.6 is 0 Å². The second kappa shape index (κ2) is 3.22. The summed E-state index contributed by atoms with van der Waals surface area (Å²) in [6, 6.07) is 7.78. The molecule has 14 heavy (non-hydrogen) atoms. The zero-order valence-electron chi connectivity index (χ0n) is 8.24. The van der Waals surface area contributed by atoms with E-state index in [1.54, 1.807) is 13.1 Å². The maximum absolute atomic E-state index is 11.4. The first kappa shape index (κ1) is 8.88. The molecule has 2 rings (SSSR count). The molecule has 0 aliphatic rings. The van der Waals surface area contributed by atoms with E-state index in [9.17, 15) is 4.79 Å². The Balaban J connectivity index is 2.87. The molecule has 1 aromatic heterocycles. The molecule has 0 unspecified atom stereocenters. The Morgan fingerprint density at radius 3 is 2.86 bits per heavy atom. The summed E-state index contributed by atoms with van der Waals surface area (Å²) in [4.78, 5) is 15.6. The normalized spacial score (nSPS) is 10.4. The lowest BCUT2D eigenvalue weighted by Gasteiger charge is -2.03. The largest absolute Gasteiger partial charge is 0.294 e. The number of ketones is 1. The van der Waals surface area contributed by atoms with Gasteiger partial charge in [-0.3, -0.25) is 9.78 Å². The summed E-state index contributed by atoms with van der Waals surface area (Å²) in [5, 5.41) is 1.03. The number of hydrogen-bond acceptors (Lipinski definition) is 2. The molecule has 2 aromatic rings. The van der Waals surface area contributed by atoms with E-state index in [1.807, 2.05) is 31.2 Å². The highest BCUT2D eigenvalue weighted by Crippen LogP contribution is 2.18. The number of nitrogens with zero attached hydrogens (tertiary/aromatic N) is 1. The quantitative estimate of drug-likeness (QED) is 0.639. The van der Waals surface area contributed by atoms with Crippen molar-refractivity contribution in [3.8, 4) is 0 Å². The maximum atomic E-state index is 11.4. The SMILES string of the molecule is CC(=O)c1cc(C)cc2cccnc12. The van der Waals surface area contributed by atoms with Gasteiger partial charge in [0.05, 0.1) is 5.52 Å². The zero-order valence-corrected chi connectivity index (χ0v) is 8.24. The Bertz CT molecular complexity index is 503. The van der Waals surface area contributed by atoms with Crippen molar-refractivity contribution >= 4 is 16.7 Å². The van der Waals surface area contributed by atoms with Gasteiger partial charge in [0.15, 0.2) is 5.78 Å². The molecule has 0 atom stereocenters. The van der Waals surface area contributed by atoms with Crippen LogP contribution < -0.4 is 0 Å². The minimum Gasteiger partial charge on any atom is -0.294 e. The topological polar surface area (TPSA) is 30.0 Å². The van der Waals surface area contributed by atoms with Gasteiger partial charge in [0.25, 0.3) is 0 Å². The molecule has 1 aromatic carbocycles. The van der Waals surface area contributed by atoms with E-state index in [0.717, 1.165) is 16.5 Å². The molecular weight excluding hydrogens is 174 g/mol. The molecule has 0 aliphatic carbocycles. The van der Waals surface area contributed by atoms with Crippen LogP contribution in [-0.2, 0) is 0 Å². The number of fused-ring (bicyclic) bond motifs is 1. The van der Waals surface area contributed by atoms with Crippen LogP contribution in [0.25, 0.3) is 10.9 Å². The van der Waals surface area contributed by atoms with Gasteiger partial charge in [-0.25, -0.2) is 0 Å². The Hall–Kier alpha value is -1.70. The highest BCUT2D eigenvalue weighted by molar-refractivity contribution is 6.05. The number of Topliss-reactive ketones (excluding diaryl/α,β-unsaturated/α-hetero) is 1. The van der Waals surface area contributed by atoms with Gasteiger partial charge in [-0.2, -0.15) is 0 Å². The van der Waals surface area contributed by atoms with E-state index in [-0.39, 0.29) is 5.78 Å². The lowest BCUT2D eigenvalue weighted by atomic mass is 10.0. The average molecular weight is 185 g/mol. The summed E-state index contributed by atoms with van der Waals surface area (Å²) in [5.74, 6) is 0.0670. The number of carbonyl (C=O) groups excluding carboxylic acids is 1. The Kier molecular flexibility index (Phi) is 2.04. The van der Waals surface area contributed by atoms with Crippen LogP contribution in [0, 0.1) is 6.92 Å². The fraction of sp³-hybridized carbons (Fsp3) is 0.167. The smallest absolute Gasteiger partial charge is 0.162 e. The number of benzene rings is 1. The molecule has 1 heterocycles. The van der Waals surface area contributed by atoms with Crippen molar-refractivity contribution in [2.24, 2.45) is 0 Å². The van der Waals surface area contributed by atoms with Crippen molar-refractivity contribution < 1.29 is 4.79 Å². The van der Waals surface area contributed by atoms with Gasteiger partial charge in [-0.1, -0.05) is 6.07 Å². The van der Waals surface area contributed by atoms with Crippen molar-refractivity contribution in [2.45, 2.75) is 13.8 Å². The molecule has 0 saturated heterocycles. The summed E-state index contributed by atoms with van der Waals surface area (Å²) >= 11 is 0. The molecule has 70 valence electrons. The number of pyridine rings is 1. The van der Waals surface area contributed by atoms with E-state index in [1.165, 1.54) is 0 Å². The molecule has 2 heteroatoms. The van der Waals surface area contributed by atoms with Gasteiger partial charge >= 0.3 is 0 Å². The molecule has 0 N–H and O–H groups in total. The summed E-state index contributed by atoms with van der Waals surface area (Å²) in [7, 11) is 0. The fourth-order valence-electron chi connectivity index (χ4n) is 1.61. The summed E-state index contributed by atoms with van der Waals surface area (Å²) in [6.07, 6.45) is 1.71. The second-order valence-corrected chi connectivity index (χ2v) is 3.44. The van der Waals surface area contributed by atoms with E-state index < -0.39 is 0 Å². The van der Waals surface area contributed by atoms with Gasteiger partial charge in [-0.05, 0) is 37.6 Å². The predicted molar refractivity (Wildman–Crippen MR) is 56.5 cm³/mol. The van der Waals surface area contributed by atoms with E-state index in [4.69, 9.17) is 0 Å². The monoisotopic (exact) mass is 185 g/mol. The van der Waals surface area contributed by atoms with Crippen LogP contribution in [0.3, 0.4) is 0 Å². The highest BCUT2D eigenvalue weighted by Gasteiger charge is 2.06. The molecule has 0 radical (unpaired) electrons. The number of hydrogen-bond donors (Lipinski definition) is 0. The predicted octanol–water partition coefficient (Wildman–Crippen LogP) is 2.75. The molecule has 0 bridgehead atoms. The standard InChI is InChI=1S/C12H11NO/c1-8-6-10-4-3-5-13-12(10)11(7-8)9(2)14/h3-7H,1-2H3. The zero-order chi connectivity index (χ0) is 10.1. The number of carbonyl (C=O) groups is 1. The maximum Gasteiger partial charge on any atom is 0.162 e. The molecule has 0 aliphatic heterocycles. The number of aromatic nitrogens is 1. The number of rotatable bonds is 1. The average Bonchev–Trinajstić information content (AvgIpc) is 2.16. The van der Waals surface area contributed by atoms with Crippen molar-refractivity contribution in [3.05, 3.63) is 41.6 Å². The summed E-state index contributed by atoms with van der Waals surface area (Å²) in [5.41, 5.74) is 2.60. The van der Waals surface area contributed by atoms with Crippen LogP contribution in [0.4, 0.5) is 0 Å². The van der Waals surface area contributed by atoms with E-state index >= 15 is 0 Å². The van der Waals surface area contributed by atoms with Crippen molar-refractivity contribution in [3.63, 3.8) is 0 Å². The fourth-order valence-corrected chi connectivity index (χ4v) is 1.61. The third-order valence-electron chi connectivity index (χ3n) is 2.23.